The lowest BCUT2D eigenvalue weighted by atomic mass is 9.94. The Morgan fingerprint density at radius 3 is 2.73 bits per heavy atom. The van der Waals surface area contributed by atoms with E-state index in [0.29, 0.717) is 18.1 Å². The monoisotopic (exact) mass is 403 g/mol. The Hall–Kier alpha value is -3.61. The second kappa shape index (κ2) is 8.82. The molecule has 0 aliphatic carbocycles. The summed E-state index contributed by atoms with van der Waals surface area (Å²) in [6, 6.07) is 16.8. The second-order valence-corrected chi connectivity index (χ2v) is 7.15. The number of rotatable bonds is 7. The number of nitrogens with zero attached hydrogens (tertiary/aromatic N) is 3. The van der Waals surface area contributed by atoms with E-state index in [9.17, 15) is 4.79 Å². The summed E-state index contributed by atoms with van der Waals surface area (Å²) in [4.78, 5) is 17.7. The molecule has 1 aromatic heterocycles. The van der Waals surface area contributed by atoms with E-state index in [2.05, 4.69) is 27.6 Å². The molecule has 0 saturated carbocycles. The van der Waals surface area contributed by atoms with Crippen molar-refractivity contribution in [2.75, 3.05) is 17.2 Å². The van der Waals surface area contributed by atoms with Crippen LogP contribution in [0.2, 0.25) is 0 Å². The van der Waals surface area contributed by atoms with E-state index >= 15 is 0 Å². The molecule has 3 aromatic rings. The molecule has 1 aliphatic rings. The largest absolute Gasteiger partial charge is 0.493 e. The minimum absolute atomic E-state index is 0.194. The maximum absolute atomic E-state index is 13.4. The number of hydrogen-bond donors (Lipinski definition) is 2. The zero-order chi connectivity index (χ0) is 20.9. The van der Waals surface area contributed by atoms with E-state index in [1.807, 2.05) is 61.5 Å². The molecule has 2 N–H and O–H groups in total. The number of nitrogens with one attached hydrogen (secondary N) is 2. The molecule has 0 saturated heterocycles. The van der Waals surface area contributed by atoms with Crippen LogP contribution in [0.25, 0.3) is 0 Å². The Morgan fingerprint density at radius 1 is 1.17 bits per heavy atom. The maximum atomic E-state index is 13.4. The Bertz CT molecular complexity index is 1060. The van der Waals surface area contributed by atoms with E-state index in [0.717, 1.165) is 35.5 Å². The number of fused-ring (bicyclic) bond motifs is 1. The quantitative estimate of drug-likeness (QED) is 0.572. The smallest absolute Gasteiger partial charge is 0.255 e. The van der Waals surface area contributed by atoms with Crippen LogP contribution in [0, 0.1) is 0 Å². The number of hydrogen-bond acceptors (Lipinski definition) is 5. The molecule has 4 rings (SSSR count). The van der Waals surface area contributed by atoms with Crippen molar-refractivity contribution in [1.29, 1.82) is 0 Å². The Morgan fingerprint density at radius 2 is 1.93 bits per heavy atom. The number of anilines is 2. The summed E-state index contributed by atoms with van der Waals surface area (Å²) in [5.74, 6) is 1.15. The number of aromatic nitrogens is 3. The van der Waals surface area contributed by atoms with Gasteiger partial charge in [0.2, 0.25) is 5.95 Å². The minimum atomic E-state index is -0.453. The third-order valence-electron chi connectivity index (χ3n) is 5.04. The second-order valence-electron chi connectivity index (χ2n) is 7.15. The topological polar surface area (TPSA) is 81.1 Å². The molecule has 0 fully saturated rings. The summed E-state index contributed by atoms with van der Waals surface area (Å²) in [5.41, 5.74) is 2.92. The molecular weight excluding hydrogens is 378 g/mol. The first-order valence-corrected chi connectivity index (χ1v) is 10.1. The zero-order valence-electron chi connectivity index (χ0n) is 17.1. The fraction of sp³-hybridized carbons (Fsp3) is 0.261. The van der Waals surface area contributed by atoms with Crippen LogP contribution >= 0.6 is 0 Å². The highest BCUT2D eigenvalue weighted by Gasteiger charge is 2.35. The third-order valence-corrected chi connectivity index (χ3v) is 5.04. The van der Waals surface area contributed by atoms with Gasteiger partial charge < -0.3 is 15.4 Å². The molecular formula is C23H25N5O2. The van der Waals surface area contributed by atoms with Gasteiger partial charge in [-0.25, -0.2) is 4.68 Å². The van der Waals surface area contributed by atoms with Crippen LogP contribution in [-0.2, 0) is 4.79 Å². The Labute approximate surface area is 175 Å². The number of benzene rings is 2. The number of amides is 1. The normalized spacial score (nSPS) is 15.3. The van der Waals surface area contributed by atoms with Crippen LogP contribution in [0.15, 0.2) is 72.2 Å². The fourth-order valence-corrected chi connectivity index (χ4v) is 3.56. The minimum Gasteiger partial charge on any atom is -0.493 e. The molecule has 0 spiro atoms. The average Bonchev–Trinajstić information content (AvgIpc) is 3.22. The molecule has 1 aliphatic heterocycles. The molecule has 30 heavy (non-hydrogen) atoms. The number of allylic oxidation sites excluding steroid dienone is 1. The van der Waals surface area contributed by atoms with Crippen LogP contribution in [0.3, 0.4) is 0 Å². The summed E-state index contributed by atoms with van der Waals surface area (Å²) < 4.78 is 7.80. The maximum Gasteiger partial charge on any atom is 0.255 e. The Kier molecular flexibility index (Phi) is 5.79. The van der Waals surface area contributed by atoms with Gasteiger partial charge in [-0.1, -0.05) is 49.7 Å². The molecule has 1 amide bonds. The first-order chi connectivity index (χ1) is 14.7. The SMILES string of the molecule is CCCCOc1ccccc1C1C(C(=O)Nc2ccccc2)=C(C)Nc2ncnn21. The number of carbonyl (C=O) groups is 1. The first-order valence-electron chi connectivity index (χ1n) is 10.1. The zero-order valence-corrected chi connectivity index (χ0v) is 17.1. The van der Waals surface area contributed by atoms with Gasteiger partial charge in [0.15, 0.2) is 0 Å². The van der Waals surface area contributed by atoms with Crippen molar-refractivity contribution >= 4 is 17.5 Å². The lowest BCUT2D eigenvalue weighted by molar-refractivity contribution is -0.113. The van der Waals surface area contributed by atoms with Crippen LogP contribution in [-0.4, -0.2) is 27.3 Å². The average molecular weight is 403 g/mol. The van der Waals surface area contributed by atoms with Gasteiger partial charge in [0.1, 0.15) is 18.1 Å². The molecule has 154 valence electrons. The molecule has 1 atom stereocenters. The van der Waals surface area contributed by atoms with E-state index < -0.39 is 6.04 Å². The number of para-hydroxylation sites is 2. The summed E-state index contributed by atoms with van der Waals surface area (Å²) in [5, 5.41) is 10.6. The van der Waals surface area contributed by atoms with Gasteiger partial charge >= 0.3 is 0 Å². The summed E-state index contributed by atoms with van der Waals surface area (Å²) in [6.45, 7) is 4.63. The van der Waals surface area contributed by atoms with Gasteiger partial charge in [0, 0.05) is 16.9 Å². The number of unbranched alkanes of at least 4 members (excludes halogenated alkanes) is 1. The van der Waals surface area contributed by atoms with Crippen molar-refractivity contribution in [2.24, 2.45) is 0 Å². The summed E-state index contributed by atoms with van der Waals surface area (Å²) in [6.07, 6.45) is 3.50. The summed E-state index contributed by atoms with van der Waals surface area (Å²) in [7, 11) is 0. The van der Waals surface area contributed by atoms with Crippen molar-refractivity contribution in [3.05, 3.63) is 77.8 Å². The van der Waals surface area contributed by atoms with Crippen LogP contribution in [0.5, 0.6) is 5.75 Å². The van der Waals surface area contributed by atoms with Crippen molar-refractivity contribution < 1.29 is 9.53 Å². The molecule has 1 unspecified atom stereocenters. The fourth-order valence-electron chi connectivity index (χ4n) is 3.56. The highest BCUT2D eigenvalue weighted by atomic mass is 16.5. The third kappa shape index (κ3) is 3.91. The molecule has 2 aromatic carbocycles. The van der Waals surface area contributed by atoms with Gasteiger partial charge in [-0.15, -0.1) is 0 Å². The van der Waals surface area contributed by atoms with E-state index in [4.69, 9.17) is 4.74 Å². The number of carbonyl (C=O) groups excluding carboxylic acids is 1. The van der Waals surface area contributed by atoms with Gasteiger partial charge in [0.05, 0.1) is 12.2 Å². The number of ether oxygens (including phenoxy) is 1. The van der Waals surface area contributed by atoms with E-state index in [1.165, 1.54) is 6.33 Å². The molecule has 7 heteroatoms. The lowest BCUT2D eigenvalue weighted by Crippen LogP contribution is -2.31. The summed E-state index contributed by atoms with van der Waals surface area (Å²) >= 11 is 0. The van der Waals surface area contributed by atoms with Crippen LogP contribution in [0.1, 0.15) is 38.3 Å². The van der Waals surface area contributed by atoms with Crippen molar-refractivity contribution in [1.82, 2.24) is 14.8 Å². The predicted molar refractivity (Wildman–Crippen MR) is 116 cm³/mol. The molecule has 2 heterocycles. The van der Waals surface area contributed by atoms with Crippen molar-refractivity contribution in [2.45, 2.75) is 32.7 Å². The van der Waals surface area contributed by atoms with E-state index in [-0.39, 0.29) is 5.91 Å². The highest BCUT2D eigenvalue weighted by Crippen LogP contribution is 2.39. The molecule has 0 bridgehead atoms. The molecule has 7 nitrogen and oxygen atoms in total. The van der Waals surface area contributed by atoms with Gasteiger partial charge in [-0.05, 0) is 31.5 Å². The first kappa shape index (κ1) is 19.7. The Balaban J connectivity index is 1.75. The lowest BCUT2D eigenvalue weighted by Gasteiger charge is -2.29. The van der Waals surface area contributed by atoms with Crippen LogP contribution in [0.4, 0.5) is 11.6 Å². The van der Waals surface area contributed by atoms with Crippen molar-refractivity contribution in [3.8, 4) is 5.75 Å². The highest BCUT2D eigenvalue weighted by molar-refractivity contribution is 6.06. The van der Waals surface area contributed by atoms with Crippen molar-refractivity contribution in [3.63, 3.8) is 0 Å². The van der Waals surface area contributed by atoms with E-state index in [1.54, 1.807) is 4.68 Å². The van der Waals surface area contributed by atoms with Gasteiger partial charge in [-0.3, -0.25) is 4.79 Å². The standard InChI is InChI=1S/C23H25N5O2/c1-3-4-14-30-19-13-9-8-12-18(19)21-20(16(2)26-23-24-15-25-28(21)23)22(29)27-17-10-6-5-7-11-17/h5-13,15,21H,3-4,14H2,1-2H3,(H,27,29)(H,24,25,26). The van der Waals surface area contributed by atoms with Gasteiger partial charge in [0.25, 0.3) is 5.91 Å². The van der Waals surface area contributed by atoms with Crippen LogP contribution < -0.4 is 15.4 Å². The molecule has 0 radical (unpaired) electrons. The predicted octanol–water partition coefficient (Wildman–Crippen LogP) is 4.38. The van der Waals surface area contributed by atoms with Gasteiger partial charge in [-0.2, -0.15) is 10.1 Å².